The average molecular weight is 1060 g/mol. The highest BCUT2D eigenvalue weighted by Crippen LogP contribution is 2.39. The Morgan fingerprint density at radius 3 is 1.42 bits per heavy atom. The van der Waals surface area contributed by atoms with Crippen LogP contribution in [-0.4, -0.2) is 111 Å². The van der Waals surface area contributed by atoms with E-state index in [0.717, 1.165) is 37.1 Å². The first-order valence-corrected chi connectivity index (χ1v) is 26.4. The molecule has 16 nitrogen and oxygen atoms in total. The van der Waals surface area contributed by atoms with Crippen LogP contribution in [0.25, 0.3) is 44.1 Å². The number of carbonyl (C=O) groups is 3. The number of carbonyl (C=O) groups excluding carboxylic acids is 3. The van der Waals surface area contributed by atoms with Crippen LogP contribution in [0.2, 0.25) is 0 Å². The Kier molecular flexibility index (Phi) is 18.6. The van der Waals surface area contributed by atoms with Crippen molar-refractivity contribution in [2.75, 3.05) is 41.3 Å². The van der Waals surface area contributed by atoms with Crippen molar-refractivity contribution in [2.45, 2.75) is 96.1 Å². The van der Waals surface area contributed by atoms with Crippen molar-refractivity contribution in [2.24, 2.45) is 0 Å². The molecule has 0 saturated heterocycles. The van der Waals surface area contributed by atoms with Gasteiger partial charge < -0.3 is 34.3 Å². The maximum atomic E-state index is 15.0. The number of aliphatic hydroxyl groups excluding tert-OH is 1. The van der Waals surface area contributed by atoms with E-state index in [0.29, 0.717) is 44.4 Å². The zero-order chi connectivity index (χ0) is 55.1. The third-order valence-corrected chi connectivity index (χ3v) is 15.0. The number of halogens is 2. The molecule has 0 spiro atoms. The number of hydrogen-bond donors (Lipinski definition) is 3. The third kappa shape index (κ3) is 14.3. The fourth-order valence-corrected chi connectivity index (χ4v) is 9.83. The topological polar surface area (TPSA) is 199 Å². The van der Waals surface area contributed by atoms with Gasteiger partial charge >= 0.3 is 12.2 Å². The minimum Gasteiger partial charge on any atom is -0.444 e. The van der Waals surface area contributed by atoms with Crippen LogP contribution in [0.1, 0.15) is 68.9 Å². The number of rotatable bonds is 16. The lowest BCUT2D eigenvalue weighted by Gasteiger charge is -2.19. The molecule has 74 heavy (non-hydrogen) atoms. The number of ether oxygens (including phenoxy) is 2. The molecule has 0 saturated carbocycles. The molecule has 0 unspecified atom stereocenters. The fraction of sp³-hybridized carbons (Fsp3) is 0.352. The van der Waals surface area contributed by atoms with E-state index < -0.39 is 55.1 Å². The summed E-state index contributed by atoms with van der Waals surface area (Å²) in [5.74, 6) is -0.941. The van der Waals surface area contributed by atoms with Crippen LogP contribution in [0.15, 0.2) is 119 Å². The van der Waals surface area contributed by atoms with E-state index in [1.165, 1.54) is 52.5 Å². The number of benzene rings is 4. The van der Waals surface area contributed by atoms with E-state index in [-0.39, 0.29) is 42.6 Å². The van der Waals surface area contributed by atoms with Gasteiger partial charge in [-0.3, -0.25) is 4.79 Å². The first-order valence-electron chi connectivity index (χ1n) is 23.5. The molecule has 6 aromatic rings. The van der Waals surface area contributed by atoms with Gasteiger partial charge in [0.05, 0.1) is 29.5 Å². The summed E-state index contributed by atoms with van der Waals surface area (Å²) in [6.07, 6.45) is 1.99. The van der Waals surface area contributed by atoms with Crippen molar-refractivity contribution in [3.8, 4) is 22.3 Å². The Bertz CT molecular complexity index is 3350. The summed E-state index contributed by atoms with van der Waals surface area (Å²) >= 11 is 0. The Morgan fingerprint density at radius 2 is 1.04 bits per heavy atom. The van der Waals surface area contributed by atoms with Gasteiger partial charge in [0.2, 0.25) is 20.0 Å². The zero-order valence-corrected chi connectivity index (χ0v) is 45.5. The van der Waals surface area contributed by atoms with Crippen LogP contribution in [0.5, 0.6) is 0 Å². The Labute approximate surface area is 432 Å². The van der Waals surface area contributed by atoms with Gasteiger partial charge in [-0.25, -0.2) is 43.8 Å². The lowest BCUT2D eigenvalue weighted by Crippen LogP contribution is -2.32. The molecule has 2 aromatic heterocycles. The van der Waals surface area contributed by atoms with Crippen molar-refractivity contribution in [1.82, 2.24) is 28.4 Å². The number of amides is 2. The van der Waals surface area contributed by atoms with Crippen LogP contribution >= 0.6 is 0 Å². The number of nitrogens with zero attached hydrogens (tertiary/aromatic N) is 4. The molecular weight excluding hydrogens is 995 g/mol. The normalized spacial score (nSPS) is 12.8. The molecule has 398 valence electrons. The monoisotopic (exact) mass is 1060 g/mol. The molecule has 2 amide bonds. The minimum absolute atomic E-state index is 0.0368. The summed E-state index contributed by atoms with van der Waals surface area (Å²) in [5, 5.41) is 16.2. The van der Waals surface area contributed by atoms with Crippen LogP contribution in [0.4, 0.5) is 18.4 Å². The zero-order valence-electron chi connectivity index (χ0n) is 43.8. The number of hydrogen-bond acceptors (Lipinski definition) is 10. The first kappa shape index (κ1) is 58.2. The van der Waals surface area contributed by atoms with Gasteiger partial charge in [-0.15, -0.1) is 0 Å². The van der Waals surface area contributed by atoms with Gasteiger partial charge in [-0.05, 0) is 139 Å². The molecule has 0 radical (unpaired) electrons. The summed E-state index contributed by atoms with van der Waals surface area (Å²) in [6.45, 7) is 13.6. The van der Waals surface area contributed by atoms with Gasteiger partial charge in [0.1, 0.15) is 29.1 Å². The van der Waals surface area contributed by atoms with Crippen molar-refractivity contribution >= 4 is 60.3 Å². The number of sulfonamides is 2. The Hall–Kier alpha value is -6.71. The molecule has 0 bridgehead atoms. The van der Waals surface area contributed by atoms with Crippen LogP contribution < -0.4 is 10.6 Å². The number of aliphatic hydroxyl groups is 1. The molecule has 6 rings (SSSR count). The molecule has 0 aliphatic carbocycles. The molecule has 0 fully saturated rings. The number of fused-ring (bicyclic) bond motifs is 2. The van der Waals surface area contributed by atoms with E-state index in [4.69, 9.17) is 9.47 Å². The smallest absolute Gasteiger partial charge is 0.407 e. The van der Waals surface area contributed by atoms with E-state index in [2.05, 4.69) is 10.6 Å². The highest BCUT2D eigenvalue weighted by Gasteiger charge is 2.24. The van der Waals surface area contributed by atoms with Gasteiger partial charge in [-0.2, -0.15) is 0 Å². The minimum atomic E-state index is -3.67. The SMILES string of the molecule is Cc1c(-c2cccc(S(=O)(=O)N(C)C)c2)c2cc(C=O)ccc2n1C/C(F)=C/CNC(=O)OC(C)(C)C.Cc1c(-c2cccc(S(=O)(=O)N(C)C)c2)c2cc(CO)ccc2n1C/C(F)=C/CNC(=O)OC(C)(C)C. The number of allylic oxidation sites excluding steroid dienone is 2. The van der Waals surface area contributed by atoms with E-state index in [1.54, 1.807) is 105 Å². The largest absolute Gasteiger partial charge is 0.444 e. The molecule has 3 N–H and O–H groups in total. The fourth-order valence-electron chi connectivity index (χ4n) is 7.93. The van der Waals surface area contributed by atoms with Crippen molar-refractivity contribution in [1.29, 1.82) is 0 Å². The van der Waals surface area contributed by atoms with Gasteiger partial charge in [-0.1, -0.05) is 30.3 Å². The van der Waals surface area contributed by atoms with Gasteiger partial charge in [0.25, 0.3) is 0 Å². The molecule has 0 atom stereocenters. The average Bonchev–Trinajstić information content (AvgIpc) is 3.74. The molecule has 0 aliphatic rings. The number of aromatic nitrogens is 2. The van der Waals surface area contributed by atoms with Crippen LogP contribution in [-0.2, 0) is 49.2 Å². The molecule has 0 aliphatic heterocycles. The van der Waals surface area contributed by atoms with E-state index in [9.17, 15) is 45.1 Å². The van der Waals surface area contributed by atoms with Crippen LogP contribution in [0, 0.1) is 13.8 Å². The quantitative estimate of drug-likeness (QED) is 0.0785. The third-order valence-electron chi connectivity index (χ3n) is 11.4. The summed E-state index contributed by atoms with van der Waals surface area (Å²) in [4.78, 5) is 35.4. The van der Waals surface area contributed by atoms with E-state index in [1.807, 2.05) is 32.0 Å². The summed E-state index contributed by atoms with van der Waals surface area (Å²) < 4.78 is 97.0. The predicted molar refractivity (Wildman–Crippen MR) is 284 cm³/mol. The second-order valence-corrected chi connectivity index (χ2v) is 24.0. The second kappa shape index (κ2) is 23.7. The Morgan fingerprint density at radius 1 is 0.635 bits per heavy atom. The first-order chi connectivity index (χ1) is 34.5. The predicted octanol–water partition coefficient (Wildman–Crippen LogP) is 9.80. The highest BCUT2D eigenvalue weighted by molar-refractivity contribution is 7.89. The lowest BCUT2D eigenvalue weighted by molar-refractivity contribution is 0.0522. The molecule has 4 aromatic carbocycles. The molecular formula is C54H66F2N6O10S2. The van der Waals surface area contributed by atoms with Crippen molar-refractivity contribution < 1.29 is 54.6 Å². The van der Waals surface area contributed by atoms with Gasteiger partial charge in [0.15, 0.2) is 0 Å². The van der Waals surface area contributed by atoms with E-state index >= 15 is 0 Å². The van der Waals surface area contributed by atoms with Gasteiger partial charge in [0, 0.05) is 91.2 Å². The molecule has 20 heteroatoms. The number of nitrogens with one attached hydrogen (secondary N) is 2. The summed E-state index contributed by atoms with van der Waals surface area (Å²) in [7, 11) is -1.46. The number of alkyl carbamates (subject to hydrolysis) is 2. The lowest BCUT2D eigenvalue weighted by atomic mass is 10.0. The summed E-state index contributed by atoms with van der Waals surface area (Å²) in [5.41, 5.74) is 5.40. The second-order valence-electron chi connectivity index (χ2n) is 19.7. The molecule has 2 heterocycles. The van der Waals surface area contributed by atoms with Crippen LogP contribution in [0.3, 0.4) is 0 Å². The standard InChI is InChI=1S/C27H34FN3O5S.C27H32FN3O5S/c2*1-18-25(20-8-7-9-22(15-20)37(34,35)30(5)6)23-14-19(17-32)10-11-24(23)31(18)16-21(28)12-13-29-26(33)36-27(2,3)4/h7-12,14-15,32H,13,16-17H2,1-6H3,(H,29,33);7-12,14-15,17H,13,16H2,1-6H3,(H,29,33)/b2*21-12-. The van der Waals surface area contributed by atoms with Crippen molar-refractivity contribution in [3.63, 3.8) is 0 Å². The summed E-state index contributed by atoms with van der Waals surface area (Å²) in [6, 6.07) is 23.6. The maximum absolute atomic E-state index is 15.0. The highest BCUT2D eigenvalue weighted by atomic mass is 32.2. The number of aldehydes is 1. The Balaban J connectivity index is 0.000000274. The van der Waals surface area contributed by atoms with Crippen molar-refractivity contribution in [3.05, 3.63) is 131 Å². The maximum Gasteiger partial charge on any atom is 0.407 e.